The largest absolute Gasteiger partial charge is 0.349 e. The highest BCUT2D eigenvalue weighted by molar-refractivity contribution is 5.41. The number of anilines is 2. The zero-order chi connectivity index (χ0) is 17.5. The number of hydrogen-bond acceptors (Lipinski definition) is 7. The lowest BCUT2D eigenvalue weighted by Gasteiger charge is -2.48. The van der Waals surface area contributed by atoms with Crippen LogP contribution in [0.15, 0.2) is 35.6 Å². The van der Waals surface area contributed by atoms with Crippen LogP contribution in [0.4, 0.5) is 11.8 Å². The van der Waals surface area contributed by atoms with E-state index in [1.807, 2.05) is 16.8 Å². The van der Waals surface area contributed by atoms with Gasteiger partial charge in [-0.2, -0.15) is 0 Å². The zero-order valence-electron chi connectivity index (χ0n) is 14.7. The fraction of sp³-hybridized carbons (Fsp3) is 0.556. The van der Waals surface area contributed by atoms with Crippen LogP contribution in [-0.4, -0.2) is 69.7 Å². The van der Waals surface area contributed by atoms with E-state index in [0.29, 0.717) is 17.9 Å². The number of aromatic nitrogens is 4. The van der Waals surface area contributed by atoms with Crippen LogP contribution in [0.25, 0.3) is 0 Å². The van der Waals surface area contributed by atoms with Crippen molar-refractivity contribution < 1.29 is 0 Å². The normalized spacial score (nSPS) is 21.7. The molecule has 0 bridgehead atoms. The maximum atomic E-state index is 12.6. The van der Waals surface area contributed by atoms with Crippen molar-refractivity contribution in [2.45, 2.75) is 24.9 Å². The van der Waals surface area contributed by atoms with Crippen LogP contribution in [-0.2, 0) is 0 Å². The lowest BCUT2D eigenvalue weighted by atomic mass is 10.1. The molecule has 26 heavy (non-hydrogen) atoms. The average Bonchev–Trinajstić information content (AvgIpc) is 3.48. The average molecular weight is 353 g/mol. The first-order chi connectivity index (χ1) is 12.8. The molecule has 1 aliphatic carbocycles. The van der Waals surface area contributed by atoms with Crippen molar-refractivity contribution in [1.82, 2.24) is 24.4 Å². The van der Waals surface area contributed by atoms with Gasteiger partial charge < -0.3 is 14.4 Å². The Morgan fingerprint density at radius 3 is 2.27 bits per heavy atom. The Hall–Kier alpha value is -2.48. The van der Waals surface area contributed by atoms with E-state index in [-0.39, 0.29) is 5.56 Å². The second-order valence-electron chi connectivity index (χ2n) is 7.33. The van der Waals surface area contributed by atoms with Gasteiger partial charge in [-0.3, -0.25) is 9.69 Å². The molecule has 0 aromatic carbocycles. The van der Waals surface area contributed by atoms with Crippen molar-refractivity contribution in [3.63, 3.8) is 0 Å². The molecule has 0 amide bonds. The van der Waals surface area contributed by atoms with Crippen LogP contribution in [0.5, 0.6) is 0 Å². The second kappa shape index (κ2) is 6.35. The third-order valence-corrected chi connectivity index (χ3v) is 5.62. The Kier molecular flexibility index (Phi) is 3.85. The fourth-order valence-electron chi connectivity index (χ4n) is 3.87. The van der Waals surface area contributed by atoms with E-state index in [0.717, 1.165) is 58.1 Å². The first kappa shape index (κ1) is 15.7. The Morgan fingerprint density at radius 1 is 0.846 bits per heavy atom. The Bertz CT molecular complexity index is 821. The molecule has 0 N–H and O–H groups in total. The summed E-state index contributed by atoms with van der Waals surface area (Å²) < 4.78 is 1.86. The number of rotatable bonds is 4. The predicted molar refractivity (Wildman–Crippen MR) is 98.6 cm³/mol. The lowest BCUT2D eigenvalue weighted by molar-refractivity contribution is 0.156. The van der Waals surface area contributed by atoms with Gasteiger partial charge in [-0.05, 0) is 18.9 Å². The molecule has 2 aromatic heterocycles. The number of piperazine rings is 1. The molecule has 2 aromatic rings. The van der Waals surface area contributed by atoms with E-state index in [1.165, 1.54) is 0 Å². The number of hydrogen-bond donors (Lipinski definition) is 0. The smallest absolute Gasteiger partial charge is 0.293 e. The molecule has 0 radical (unpaired) electrons. The minimum atomic E-state index is 0.0690. The molecule has 3 fully saturated rings. The van der Waals surface area contributed by atoms with Crippen molar-refractivity contribution >= 4 is 11.8 Å². The minimum absolute atomic E-state index is 0.0690. The molecule has 4 heterocycles. The summed E-state index contributed by atoms with van der Waals surface area (Å²) in [6, 6.07) is 2.75. The lowest BCUT2D eigenvalue weighted by Crippen LogP contribution is -2.64. The molecule has 0 spiro atoms. The van der Waals surface area contributed by atoms with E-state index >= 15 is 0 Å². The minimum Gasteiger partial charge on any atom is -0.349 e. The summed E-state index contributed by atoms with van der Waals surface area (Å²) in [6.45, 7) is 5.67. The highest BCUT2D eigenvalue weighted by Crippen LogP contribution is 2.33. The monoisotopic (exact) mass is 353 g/mol. The molecule has 136 valence electrons. The standard InChI is InChI=1S/C18H23N7O/c26-17-16(19-6-7-25(17)14-2-3-14)24-12-15(13-24)22-8-10-23(11-9-22)18-20-4-1-5-21-18/h1,4-7,14-15H,2-3,8-13H2. The fourth-order valence-corrected chi connectivity index (χ4v) is 3.87. The molecule has 2 aliphatic heterocycles. The summed E-state index contributed by atoms with van der Waals surface area (Å²) >= 11 is 0. The predicted octanol–water partition coefficient (Wildman–Crippen LogP) is 0.379. The topological polar surface area (TPSA) is 70.4 Å². The maximum absolute atomic E-state index is 12.6. The summed E-state index contributed by atoms with van der Waals surface area (Å²) in [5.41, 5.74) is 0.0690. The molecule has 0 atom stereocenters. The summed E-state index contributed by atoms with van der Waals surface area (Å²) in [6.07, 6.45) is 9.40. The van der Waals surface area contributed by atoms with Crippen LogP contribution in [0, 0.1) is 0 Å². The summed E-state index contributed by atoms with van der Waals surface area (Å²) in [5, 5.41) is 0. The molecular weight excluding hydrogens is 330 g/mol. The van der Waals surface area contributed by atoms with Crippen molar-refractivity contribution in [2.75, 3.05) is 49.1 Å². The molecule has 8 nitrogen and oxygen atoms in total. The van der Waals surface area contributed by atoms with Gasteiger partial charge in [0.1, 0.15) is 0 Å². The molecular formula is C18H23N7O. The van der Waals surface area contributed by atoms with Gasteiger partial charge in [0.15, 0.2) is 5.82 Å². The Morgan fingerprint density at radius 2 is 1.58 bits per heavy atom. The molecule has 2 saturated heterocycles. The first-order valence-electron chi connectivity index (χ1n) is 9.38. The second-order valence-corrected chi connectivity index (χ2v) is 7.33. The van der Waals surface area contributed by atoms with Gasteiger partial charge >= 0.3 is 0 Å². The van der Waals surface area contributed by atoms with E-state index in [1.54, 1.807) is 18.6 Å². The SMILES string of the molecule is O=c1c(N2CC(N3CCN(c4ncccn4)CC3)C2)nccn1C1CC1. The third-order valence-electron chi connectivity index (χ3n) is 5.62. The quantitative estimate of drug-likeness (QED) is 0.787. The Labute approximate surface area is 152 Å². The van der Waals surface area contributed by atoms with Gasteiger partial charge in [0, 0.05) is 76.1 Å². The maximum Gasteiger partial charge on any atom is 0.293 e. The van der Waals surface area contributed by atoms with Gasteiger partial charge in [-0.1, -0.05) is 0 Å². The Balaban J connectivity index is 1.18. The number of nitrogens with zero attached hydrogens (tertiary/aromatic N) is 7. The summed E-state index contributed by atoms with van der Waals surface area (Å²) in [4.78, 5) is 32.5. The van der Waals surface area contributed by atoms with Crippen molar-refractivity contribution in [2.24, 2.45) is 0 Å². The van der Waals surface area contributed by atoms with Crippen molar-refractivity contribution in [1.29, 1.82) is 0 Å². The van der Waals surface area contributed by atoms with Crippen molar-refractivity contribution in [3.8, 4) is 0 Å². The van der Waals surface area contributed by atoms with E-state index in [2.05, 4.69) is 29.7 Å². The highest BCUT2D eigenvalue weighted by Gasteiger charge is 2.36. The van der Waals surface area contributed by atoms with E-state index in [9.17, 15) is 4.79 Å². The summed E-state index contributed by atoms with van der Waals surface area (Å²) in [7, 11) is 0. The van der Waals surface area contributed by atoms with Gasteiger partial charge in [0.25, 0.3) is 5.56 Å². The van der Waals surface area contributed by atoms with Gasteiger partial charge in [0.2, 0.25) is 5.95 Å². The molecule has 0 unspecified atom stereocenters. The van der Waals surface area contributed by atoms with E-state index in [4.69, 9.17) is 0 Å². The zero-order valence-corrected chi connectivity index (χ0v) is 14.7. The summed E-state index contributed by atoms with van der Waals surface area (Å²) in [5.74, 6) is 1.43. The molecule has 1 saturated carbocycles. The molecule has 5 rings (SSSR count). The highest BCUT2D eigenvalue weighted by atomic mass is 16.1. The van der Waals surface area contributed by atoms with Crippen LogP contribution >= 0.6 is 0 Å². The third kappa shape index (κ3) is 2.84. The van der Waals surface area contributed by atoms with Gasteiger partial charge in [-0.15, -0.1) is 0 Å². The van der Waals surface area contributed by atoms with Crippen LogP contribution < -0.4 is 15.4 Å². The van der Waals surface area contributed by atoms with Crippen LogP contribution in [0.3, 0.4) is 0 Å². The van der Waals surface area contributed by atoms with Crippen molar-refractivity contribution in [3.05, 3.63) is 41.2 Å². The van der Waals surface area contributed by atoms with Crippen LogP contribution in [0.2, 0.25) is 0 Å². The van der Waals surface area contributed by atoms with E-state index < -0.39 is 0 Å². The molecule has 3 aliphatic rings. The molecule has 8 heteroatoms. The van der Waals surface area contributed by atoms with Crippen LogP contribution in [0.1, 0.15) is 18.9 Å². The first-order valence-corrected chi connectivity index (χ1v) is 9.38. The van der Waals surface area contributed by atoms with Gasteiger partial charge in [-0.25, -0.2) is 15.0 Å². The van der Waals surface area contributed by atoms with Gasteiger partial charge in [0.05, 0.1) is 0 Å².